The van der Waals surface area contributed by atoms with Crippen molar-refractivity contribution >= 4 is 34.1 Å². The smallest absolute Gasteiger partial charge is 0.269 e. The quantitative estimate of drug-likeness (QED) is 0.315. The molecule has 7 nitrogen and oxygen atoms in total. The zero-order chi connectivity index (χ0) is 20.6. The van der Waals surface area contributed by atoms with E-state index in [1.54, 1.807) is 23.6 Å². The van der Waals surface area contributed by atoms with E-state index in [1.165, 1.54) is 29.5 Å². The Kier molecular flexibility index (Phi) is 6.70. The second-order valence-corrected chi connectivity index (χ2v) is 6.94. The van der Waals surface area contributed by atoms with Crippen molar-refractivity contribution in [3.05, 3.63) is 75.7 Å². The number of carbonyl (C=O) groups excluding carboxylic acids is 1. The van der Waals surface area contributed by atoms with E-state index in [2.05, 4.69) is 10.3 Å². The Balaban J connectivity index is 1.58. The van der Waals surface area contributed by atoms with E-state index in [0.29, 0.717) is 17.4 Å². The first-order chi connectivity index (χ1) is 14.0. The van der Waals surface area contributed by atoms with Crippen molar-refractivity contribution in [1.82, 2.24) is 4.98 Å². The predicted octanol–water partition coefficient (Wildman–Crippen LogP) is 5.16. The van der Waals surface area contributed by atoms with E-state index in [0.717, 1.165) is 23.3 Å². The average Bonchev–Trinajstić information content (AvgIpc) is 3.20. The van der Waals surface area contributed by atoms with E-state index in [9.17, 15) is 14.9 Å². The minimum Gasteiger partial charge on any atom is -0.494 e. The highest BCUT2D eigenvalue weighted by Gasteiger charge is 2.09. The zero-order valence-electron chi connectivity index (χ0n) is 15.7. The first-order valence-electron chi connectivity index (χ1n) is 8.97. The van der Waals surface area contributed by atoms with Crippen molar-refractivity contribution in [2.45, 2.75) is 13.3 Å². The molecular weight excluding hydrogens is 390 g/mol. The summed E-state index contributed by atoms with van der Waals surface area (Å²) in [7, 11) is 0. The highest BCUT2D eigenvalue weighted by atomic mass is 32.1. The third-order valence-electron chi connectivity index (χ3n) is 3.89. The topological polar surface area (TPSA) is 94.4 Å². The van der Waals surface area contributed by atoms with Crippen LogP contribution >= 0.6 is 11.3 Å². The molecule has 0 aliphatic heterocycles. The highest BCUT2D eigenvalue weighted by Crippen LogP contribution is 2.26. The molecule has 0 spiro atoms. The highest BCUT2D eigenvalue weighted by molar-refractivity contribution is 7.14. The van der Waals surface area contributed by atoms with Crippen molar-refractivity contribution in [2.75, 3.05) is 11.9 Å². The summed E-state index contributed by atoms with van der Waals surface area (Å²) in [6.07, 6.45) is 4.10. The Morgan fingerprint density at radius 2 is 1.93 bits per heavy atom. The number of nitrogens with zero attached hydrogens (tertiary/aromatic N) is 2. The maximum atomic E-state index is 12.1. The van der Waals surface area contributed by atoms with Crippen molar-refractivity contribution in [2.24, 2.45) is 0 Å². The molecule has 3 aromatic rings. The molecule has 8 heteroatoms. The molecule has 0 atom stereocenters. The van der Waals surface area contributed by atoms with Gasteiger partial charge in [-0.3, -0.25) is 20.2 Å². The molecule has 2 aromatic carbocycles. The summed E-state index contributed by atoms with van der Waals surface area (Å²) >= 11 is 1.29. The van der Waals surface area contributed by atoms with Gasteiger partial charge in [0.05, 0.1) is 17.2 Å². The lowest BCUT2D eigenvalue weighted by molar-refractivity contribution is -0.384. The molecule has 0 fully saturated rings. The van der Waals surface area contributed by atoms with Gasteiger partial charge in [-0.05, 0) is 42.3 Å². The Bertz CT molecular complexity index is 1010. The van der Waals surface area contributed by atoms with Gasteiger partial charge < -0.3 is 4.74 Å². The van der Waals surface area contributed by atoms with Gasteiger partial charge >= 0.3 is 0 Å². The molecule has 148 valence electrons. The van der Waals surface area contributed by atoms with E-state index in [-0.39, 0.29) is 11.6 Å². The molecule has 0 unspecified atom stereocenters. The molecule has 0 saturated heterocycles. The number of amides is 1. The lowest BCUT2D eigenvalue weighted by Gasteiger charge is -2.04. The van der Waals surface area contributed by atoms with Crippen LogP contribution in [0.25, 0.3) is 17.3 Å². The molecule has 1 amide bonds. The summed E-state index contributed by atoms with van der Waals surface area (Å²) in [6.45, 7) is 2.72. The van der Waals surface area contributed by atoms with E-state index >= 15 is 0 Å². The first-order valence-corrected chi connectivity index (χ1v) is 9.85. The molecule has 1 heterocycles. The van der Waals surface area contributed by atoms with Crippen LogP contribution in [0.15, 0.2) is 60.0 Å². The Morgan fingerprint density at radius 1 is 1.21 bits per heavy atom. The lowest BCUT2D eigenvalue weighted by atomic mass is 10.1. The molecule has 0 aliphatic carbocycles. The van der Waals surface area contributed by atoms with Crippen LogP contribution in [0, 0.1) is 10.1 Å². The van der Waals surface area contributed by atoms with Crippen LogP contribution in [0.2, 0.25) is 0 Å². The summed E-state index contributed by atoms with van der Waals surface area (Å²) < 4.78 is 5.53. The van der Waals surface area contributed by atoms with Gasteiger partial charge in [0.2, 0.25) is 5.91 Å². The molecule has 29 heavy (non-hydrogen) atoms. The van der Waals surface area contributed by atoms with Crippen LogP contribution < -0.4 is 10.1 Å². The number of thiazole rings is 1. The SMILES string of the molecule is CCCOc1ccc(/C=C/C(=O)Nc2nc(-c3ccc([N+](=O)[O-])cc3)cs2)cc1. The number of non-ortho nitro benzene ring substituents is 1. The average molecular weight is 409 g/mol. The number of nitro benzene ring substituents is 1. The van der Waals surface area contributed by atoms with Gasteiger partial charge in [0.15, 0.2) is 5.13 Å². The number of rotatable bonds is 8. The van der Waals surface area contributed by atoms with Crippen LogP contribution in [0.4, 0.5) is 10.8 Å². The standard InChI is InChI=1S/C21H19N3O4S/c1-2-13-28-18-10-3-15(4-11-18)5-12-20(25)23-21-22-19(14-29-21)16-6-8-17(9-7-16)24(26)27/h3-12,14H,2,13H2,1H3,(H,22,23,25)/b12-5+. The normalized spacial score (nSPS) is 10.8. The van der Waals surface area contributed by atoms with Crippen molar-refractivity contribution in [1.29, 1.82) is 0 Å². The van der Waals surface area contributed by atoms with Gasteiger partial charge in [0.25, 0.3) is 5.69 Å². The second kappa shape index (κ2) is 9.61. The van der Waals surface area contributed by atoms with Crippen molar-refractivity contribution < 1.29 is 14.5 Å². The summed E-state index contributed by atoms with van der Waals surface area (Å²) in [5.41, 5.74) is 2.29. The summed E-state index contributed by atoms with van der Waals surface area (Å²) in [4.78, 5) is 26.8. The van der Waals surface area contributed by atoms with Gasteiger partial charge in [-0.2, -0.15) is 0 Å². The van der Waals surface area contributed by atoms with Gasteiger partial charge in [-0.15, -0.1) is 11.3 Å². The third-order valence-corrected chi connectivity index (χ3v) is 4.65. The zero-order valence-corrected chi connectivity index (χ0v) is 16.5. The summed E-state index contributed by atoms with van der Waals surface area (Å²) in [6, 6.07) is 13.6. The van der Waals surface area contributed by atoms with Crippen LogP contribution in [0.1, 0.15) is 18.9 Å². The number of anilines is 1. The van der Waals surface area contributed by atoms with Gasteiger partial charge in [0.1, 0.15) is 5.75 Å². The second-order valence-electron chi connectivity index (χ2n) is 6.08. The predicted molar refractivity (Wildman–Crippen MR) is 114 cm³/mol. The molecule has 0 aliphatic rings. The Hall–Kier alpha value is -3.52. The minimum absolute atomic E-state index is 0.0209. The molecule has 3 rings (SSSR count). The van der Waals surface area contributed by atoms with Gasteiger partial charge in [-0.25, -0.2) is 4.98 Å². The molecular formula is C21H19N3O4S. The first kappa shape index (κ1) is 20.2. The number of nitro groups is 1. The number of hydrogen-bond donors (Lipinski definition) is 1. The van der Waals surface area contributed by atoms with E-state index in [4.69, 9.17) is 4.74 Å². The van der Waals surface area contributed by atoms with Gasteiger partial charge in [0, 0.05) is 29.2 Å². The number of aromatic nitrogens is 1. The molecule has 0 radical (unpaired) electrons. The Labute approximate surface area is 171 Å². The summed E-state index contributed by atoms with van der Waals surface area (Å²) in [5.74, 6) is 0.510. The largest absolute Gasteiger partial charge is 0.494 e. The van der Waals surface area contributed by atoms with Crippen LogP contribution in [-0.2, 0) is 4.79 Å². The number of hydrogen-bond acceptors (Lipinski definition) is 6. The van der Waals surface area contributed by atoms with Crippen LogP contribution in [-0.4, -0.2) is 22.4 Å². The van der Waals surface area contributed by atoms with E-state index in [1.807, 2.05) is 31.2 Å². The lowest BCUT2D eigenvalue weighted by Crippen LogP contribution is -2.07. The molecule has 0 saturated carbocycles. The number of benzene rings is 2. The van der Waals surface area contributed by atoms with Crippen molar-refractivity contribution in [3.63, 3.8) is 0 Å². The Morgan fingerprint density at radius 3 is 2.59 bits per heavy atom. The maximum Gasteiger partial charge on any atom is 0.269 e. The fourth-order valence-corrected chi connectivity index (χ4v) is 3.15. The van der Waals surface area contributed by atoms with Gasteiger partial charge in [-0.1, -0.05) is 19.1 Å². The number of nitrogens with one attached hydrogen (secondary N) is 1. The third kappa shape index (κ3) is 5.73. The minimum atomic E-state index is -0.450. The molecule has 1 aromatic heterocycles. The number of ether oxygens (including phenoxy) is 1. The van der Waals surface area contributed by atoms with Crippen LogP contribution in [0.5, 0.6) is 5.75 Å². The maximum absolute atomic E-state index is 12.1. The number of carbonyl (C=O) groups is 1. The summed E-state index contributed by atoms with van der Waals surface area (Å²) in [5, 5.41) is 15.7. The molecule has 0 bridgehead atoms. The van der Waals surface area contributed by atoms with Crippen LogP contribution in [0.3, 0.4) is 0 Å². The fraction of sp³-hybridized carbons (Fsp3) is 0.143. The fourth-order valence-electron chi connectivity index (χ4n) is 2.43. The van der Waals surface area contributed by atoms with E-state index < -0.39 is 4.92 Å². The molecule has 1 N–H and O–H groups in total. The monoisotopic (exact) mass is 409 g/mol. The van der Waals surface area contributed by atoms with Crippen molar-refractivity contribution in [3.8, 4) is 17.0 Å².